The number of carboxylic acid groups (broad SMARTS) is 1. The van der Waals surface area contributed by atoms with Crippen molar-refractivity contribution < 1.29 is 19.1 Å². The molecule has 1 heterocycles. The topological polar surface area (TPSA) is 57.6 Å². The lowest BCUT2D eigenvalue weighted by Crippen LogP contribution is -2.30. The molecule has 4 nitrogen and oxygen atoms in total. The second kappa shape index (κ2) is 4.99. The van der Waals surface area contributed by atoms with Crippen LogP contribution in [0, 0.1) is 24.6 Å². The van der Waals surface area contributed by atoms with Crippen LogP contribution in [-0.2, 0) is 4.79 Å². The van der Waals surface area contributed by atoms with Crippen molar-refractivity contribution in [3.63, 3.8) is 0 Å². The maximum atomic E-state index is 13.0. The zero-order chi connectivity index (χ0) is 14.2. The Labute approximate surface area is 110 Å². The van der Waals surface area contributed by atoms with E-state index in [0.29, 0.717) is 17.7 Å². The first-order chi connectivity index (χ1) is 8.90. The highest BCUT2D eigenvalue weighted by molar-refractivity contribution is 5.96. The summed E-state index contributed by atoms with van der Waals surface area (Å²) in [6.45, 7) is 4.13. The van der Waals surface area contributed by atoms with E-state index < -0.39 is 11.9 Å². The van der Waals surface area contributed by atoms with E-state index in [0.717, 1.165) is 0 Å². The van der Waals surface area contributed by atoms with Gasteiger partial charge in [-0.15, -0.1) is 0 Å². The molecule has 0 aliphatic carbocycles. The van der Waals surface area contributed by atoms with E-state index in [2.05, 4.69) is 0 Å². The van der Waals surface area contributed by atoms with Crippen LogP contribution in [0.15, 0.2) is 18.2 Å². The summed E-state index contributed by atoms with van der Waals surface area (Å²) in [6.07, 6.45) is 0. The Morgan fingerprint density at radius 1 is 1.37 bits per heavy atom. The fourth-order valence-corrected chi connectivity index (χ4v) is 2.49. The minimum Gasteiger partial charge on any atom is -0.481 e. The first kappa shape index (κ1) is 13.5. The lowest BCUT2D eigenvalue weighted by atomic mass is 9.99. The summed E-state index contributed by atoms with van der Waals surface area (Å²) in [6, 6.07) is 4.00. The monoisotopic (exact) mass is 265 g/mol. The van der Waals surface area contributed by atoms with Crippen molar-refractivity contribution in [2.45, 2.75) is 13.8 Å². The Kier molecular flexibility index (Phi) is 3.55. The molecule has 0 radical (unpaired) electrons. The predicted molar refractivity (Wildman–Crippen MR) is 67.3 cm³/mol. The quantitative estimate of drug-likeness (QED) is 0.888. The predicted octanol–water partition coefficient (Wildman–Crippen LogP) is 1.93. The number of amides is 1. The smallest absolute Gasteiger partial charge is 0.308 e. The highest BCUT2D eigenvalue weighted by Crippen LogP contribution is 2.25. The first-order valence-electron chi connectivity index (χ1n) is 6.18. The van der Waals surface area contributed by atoms with Crippen LogP contribution in [0.5, 0.6) is 0 Å². The average Bonchev–Trinajstić information content (AvgIpc) is 2.70. The van der Waals surface area contributed by atoms with E-state index in [1.165, 1.54) is 23.1 Å². The number of rotatable bonds is 2. The molecular formula is C14H16FNO3. The fourth-order valence-electron chi connectivity index (χ4n) is 2.49. The molecule has 1 fully saturated rings. The summed E-state index contributed by atoms with van der Waals surface area (Å²) >= 11 is 0. The maximum Gasteiger partial charge on any atom is 0.308 e. The molecule has 1 aromatic carbocycles. The molecule has 1 aliphatic heterocycles. The normalized spacial score (nSPS) is 22.6. The number of benzene rings is 1. The molecule has 0 spiro atoms. The van der Waals surface area contributed by atoms with Gasteiger partial charge in [0, 0.05) is 18.7 Å². The van der Waals surface area contributed by atoms with Gasteiger partial charge in [0.15, 0.2) is 0 Å². The number of aryl methyl sites for hydroxylation is 1. The third-order valence-electron chi connectivity index (χ3n) is 3.64. The minimum absolute atomic E-state index is 0.0674. The number of carboxylic acids is 1. The standard InChI is InChI=1S/C14H16FNO3/c1-8-5-10(15)3-4-11(8)13(17)16-6-9(2)12(7-16)14(18)19/h3-5,9,12H,6-7H2,1-2H3,(H,18,19)/t9-,12-/m1/s1. The van der Waals surface area contributed by atoms with Crippen LogP contribution in [0.2, 0.25) is 0 Å². The van der Waals surface area contributed by atoms with E-state index in [9.17, 15) is 14.0 Å². The molecule has 2 atom stereocenters. The van der Waals surface area contributed by atoms with Crippen LogP contribution < -0.4 is 0 Å². The van der Waals surface area contributed by atoms with Gasteiger partial charge in [0.1, 0.15) is 5.82 Å². The number of hydrogen-bond acceptors (Lipinski definition) is 2. The molecule has 1 N–H and O–H groups in total. The first-order valence-corrected chi connectivity index (χ1v) is 6.18. The van der Waals surface area contributed by atoms with Crippen LogP contribution in [-0.4, -0.2) is 35.0 Å². The van der Waals surface area contributed by atoms with Crippen LogP contribution in [0.4, 0.5) is 4.39 Å². The number of carbonyl (C=O) groups is 2. The summed E-state index contributed by atoms with van der Waals surface area (Å²) in [5.41, 5.74) is 0.996. The van der Waals surface area contributed by atoms with Gasteiger partial charge in [0.25, 0.3) is 5.91 Å². The Morgan fingerprint density at radius 3 is 2.58 bits per heavy atom. The van der Waals surface area contributed by atoms with Crippen LogP contribution in [0.1, 0.15) is 22.8 Å². The third kappa shape index (κ3) is 2.59. The second-order valence-electron chi connectivity index (χ2n) is 5.09. The number of aliphatic carboxylic acids is 1. The van der Waals surface area contributed by atoms with E-state index in [1.54, 1.807) is 6.92 Å². The van der Waals surface area contributed by atoms with E-state index in [1.807, 2.05) is 6.92 Å². The number of nitrogens with zero attached hydrogens (tertiary/aromatic N) is 1. The van der Waals surface area contributed by atoms with Gasteiger partial charge in [0.05, 0.1) is 5.92 Å². The SMILES string of the molecule is Cc1cc(F)ccc1C(=O)N1C[C@@H](C)[C@H](C(=O)O)C1. The second-order valence-corrected chi connectivity index (χ2v) is 5.09. The number of carbonyl (C=O) groups excluding carboxylic acids is 1. The van der Waals surface area contributed by atoms with E-state index >= 15 is 0 Å². The van der Waals surface area contributed by atoms with Gasteiger partial charge < -0.3 is 10.0 Å². The van der Waals surface area contributed by atoms with Crippen molar-refractivity contribution in [3.05, 3.63) is 35.1 Å². The highest BCUT2D eigenvalue weighted by Gasteiger charge is 2.37. The molecule has 1 saturated heterocycles. The Bertz CT molecular complexity index is 529. The van der Waals surface area contributed by atoms with Gasteiger partial charge in [-0.05, 0) is 36.6 Å². The molecule has 0 unspecified atom stereocenters. The largest absolute Gasteiger partial charge is 0.481 e. The maximum absolute atomic E-state index is 13.0. The van der Waals surface area contributed by atoms with Crippen LogP contribution in [0.25, 0.3) is 0 Å². The van der Waals surface area contributed by atoms with Gasteiger partial charge in [-0.1, -0.05) is 6.92 Å². The van der Waals surface area contributed by atoms with Crippen molar-refractivity contribution in [3.8, 4) is 0 Å². The molecule has 2 rings (SSSR count). The van der Waals surface area contributed by atoms with E-state index in [-0.39, 0.29) is 24.2 Å². The molecule has 5 heteroatoms. The molecular weight excluding hydrogens is 249 g/mol. The zero-order valence-corrected chi connectivity index (χ0v) is 10.9. The number of halogens is 1. The van der Waals surface area contributed by atoms with Crippen molar-refractivity contribution in [1.29, 1.82) is 0 Å². The molecule has 1 amide bonds. The third-order valence-corrected chi connectivity index (χ3v) is 3.64. The van der Waals surface area contributed by atoms with Crippen molar-refractivity contribution >= 4 is 11.9 Å². The average molecular weight is 265 g/mol. The summed E-state index contributed by atoms with van der Waals surface area (Å²) in [5, 5.41) is 9.06. The minimum atomic E-state index is -0.876. The molecule has 0 bridgehead atoms. The molecule has 102 valence electrons. The lowest BCUT2D eigenvalue weighted by molar-refractivity contribution is -0.142. The lowest BCUT2D eigenvalue weighted by Gasteiger charge is -2.17. The van der Waals surface area contributed by atoms with Crippen molar-refractivity contribution in [1.82, 2.24) is 4.90 Å². The molecule has 0 saturated carbocycles. The summed E-state index contributed by atoms with van der Waals surface area (Å²) in [4.78, 5) is 24.9. The molecule has 1 aromatic rings. The fraction of sp³-hybridized carbons (Fsp3) is 0.429. The zero-order valence-electron chi connectivity index (χ0n) is 10.9. The Hall–Kier alpha value is -1.91. The molecule has 1 aliphatic rings. The van der Waals surface area contributed by atoms with Crippen LogP contribution in [0.3, 0.4) is 0 Å². The van der Waals surface area contributed by atoms with Gasteiger partial charge in [-0.3, -0.25) is 9.59 Å². The molecule has 19 heavy (non-hydrogen) atoms. The Balaban J connectivity index is 2.19. The summed E-state index contributed by atoms with van der Waals surface area (Å²) in [7, 11) is 0. The van der Waals surface area contributed by atoms with Crippen LogP contribution >= 0.6 is 0 Å². The van der Waals surface area contributed by atoms with Crippen molar-refractivity contribution in [2.24, 2.45) is 11.8 Å². The van der Waals surface area contributed by atoms with Gasteiger partial charge in [-0.2, -0.15) is 0 Å². The molecule has 0 aromatic heterocycles. The number of hydrogen-bond donors (Lipinski definition) is 1. The van der Waals surface area contributed by atoms with E-state index in [4.69, 9.17) is 5.11 Å². The number of likely N-dealkylation sites (tertiary alicyclic amines) is 1. The summed E-state index contributed by atoms with van der Waals surface area (Å²) < 4.78 is 13.0. The summed E-state index contributed by atoms with van der Waals surface area (Å²) in [5.74, 6) is -2.08. The van der Waals surface area contributed by atoms with Gasteiger partial charge >= 0.3 is 5.97 Å². The van der Waals surface area contributed by atoms with Gasteiger partial charge in [0.2, 0.25) is 0 Å². The van der Waals surface area contributed by atoms with Crippen molar-refractivity contribution in [2.75, 3.05) is 13.1 Å². The highest BCUT2D eigenvalue weighted by atomic mass is 19.1. The van der Waals surface area contributed by atoms with Gasteiger partial charge in [-0.25, -0.2) is 4.39 Å². The Morgan fingerprint density at radius 2 is 2.05 bits per heavy atom.